The maximum absolute atomic E-state index is 12.2. The van der Waals surface area contributed by atoms with E-state index < -0.39 is 0 Å². The van der Waals surface area contributed by atoms with Crippen LogP contribution in [0.2, 0.25) is 5.02 Å². The Kier molecular flexibility index (Phi) is 5.90. The van der Waals surface area contributed by atoms with Gasteiger partial charge in [-0.2, -0.15) is 0 Å². The first-order valence-corrected chi connectivity index (χ1v) is 8.02. The lowest BCUT2D eigenvalue weighted by Crippen LogP contribution is -2.26. The highest BCUT2D eigenvalue weighted by Crippen LogP contribution is 2.27. The summed E-state index contributed by atoms with van der Waals surface area (Å²) in [6, 6.07) is 7.72. The fraction of sp³-hybridized carbons (Fsp3) is 0.588. The molecular formula is C17H24ClNO. The number of halogens is 1. The van der Waals surface area contributed by atoms with Gasteiger partial charge in [0.15, 0.2) is 0 Å². The Morgan fingerprint density at radius 1 is 1.25 bits per heavy atom. The molecule has 0 unspecified atom stereocenters. The van der Waals surface area contributed by atoms with Crippen molar-refractivity contribution in [1.29, 1.82) is 0 Å². The van der Waals surface area contributed by atoms with E-state index >= 15 is 0 Å². The van der Waals surface area contributed by atoms with E-state index in [1.54, 1.807) is 4.90 Å². The maximum Gasteiger partial charge on any atom is 0.222 e. The molecule has 3 heteroatoms. The number of hydrogen-bond donors (Lipinski definition) is 0. The van der Waals surface area contributed by atoms with E-state index in [4.69, 9.17) is 11.6 Å². The van der Waals surface area contributed by atoms with E-state index in [-0.39, 0.29) is 5.91 Å². The van der Waals surface area contributed by atoms with Gasteiger partial charge < -0.3 is 4.90 Å². The van der Waals surface area contributed by atoms with E-state index in [1.165, 1.54) is 32.1 Å². The molecule has 2 rings (SSSR count). The van der Waals surface area contributed by atoms with Crippen LogP contribution < -0.4 is 0 Å². The Bertz CT molecular complexity index is 440. The smallest absolute Gasteiger partial charge is 0.222 e. The molecule has 1 amide bonds. The van der Waals surface area contributed by atoms with Crippen LogP contribution in [0.25, 0.3) is 0 Å². The van der Waals surface area contributed by atoms with Crippen LogP contribution in [0.4, 0.5) is 0 Å². The van der Waals surface area contributed by atoms with Crippen LogP contribution in [0, 0.1) is 5.92 Å². The molecule has 0 bridgehead atoms. The van der Waals surface area contributed by atoms with Crippen molar-refractivity contribution < 1.29 is 4.79 Å². The highest BCUT2D eigenvalue weighted by molar-refractivity contribution is 6.31. The van der Waals surface area contributed by atoms with Gasteiger partial charge in [-0.15, -0.1) is 0 Å². The van der Waals surface area contributed by atoms with Crippen LogP contribution in [-0.2, 0) is 11.3 Å². The van der Waals surface area contributed by atoms with Crippen LogP contribution in [-0.4, -0.2) is 17.9 Å². The summed E-state index contributed by atoms with van der Waals surface area (Å²) in [5.41, 5.74) is 1.02. The molecule has 2 nitrogen and oxygen atoms in total. The summed E-state index contributed by atoms with van der Waals surface area (Å²) in [4.78, 5) is 14.0. The van der Waals surface area contributed by atoms with Crippen LogP contribution in [0.5, 0.6) is 0 Å². The Balaban J connectivity index is 1.78. The molecule has 0 saturated heterocycles. The van der Waals surface area contributed by atoms with Gasteiger partial charge in [-0.05, 0) is 24.0 Å². The fourth-order valence-electron chi connectivity index (χ4n) is 2.96. The zero-order valence-electron chi connectivity index (χ0n) is 12.3. The molecule has 1 aliphatic carbocycles. The Hall–Kier alpha value is -1.02. The number of carbonyl (C=O) groups excluding carboxylic acids is 1. The second-order valence-electron chi connectivity index (χ2n) is 5.88. The molecule has 1 aromatic rings. The van der Waals surface area contributed by atoms with Gasteiger partial charge in [0.05, 0.1) is 0 Å². The summed E-state index contributed by atoms with van der Waals surface area (Å²) in [5, 5.41) is 0.736. The van der Waals surface area contributed by atoms with Gasteiger partial charge in [-0.25, -0.2) is 0 Å². The summed E-state index contributed by atoms with van der Waals surface area (Å²) in [5.74, 6) is 0.997. The largest absolute Gasteiger partial charge is 0.341 e. The summed E-state index contributed by atoms with van der Waals surface area (Å²) in [6.07, 6.45) is 8.39. The lowest BCUT2D eigenvalue weighted by Gasteiger charge is -2.23. The number of carbonyl (C=O) groups is 1. The third-order valence-corrected chi connectivity index (χ3v) is 4.65. The minimum absolute atomic E-state index is 0.232. The standard InChI is InChI=1S/C17H24ClNO/c1-19(13-15-9-5-6-10-16(15)18)17(20)12-11-14-7-3-2-4-8-14/h5-6,9-10,14H,2-4,7-8,11-13H2,1H3. The molecule has 0 radical (unpaired) electrons. The SMILES string of the molecule is CN(Cc1ccccc1Cl)C(=O)CCC1CCCCC1. The fourth-order valence-corrected chi connectivity index (χ4v) is 3.16. The molecule has 1 aliphatic rings. The normalized spacial score (nSPS) is 16.1. The first-order valence-electron chi connectivity index (χ1n) is 7.64. The van der Waals surface area contributed by atoms with Gasteiger partial charge >= 0.3 is 0 Å². The minimum atomic E-state index is 0.232. The minimum Gasteiger partial charge on any atom is -0.341 e. The second kappa shape index (κ2) is 7.68. The highest BCUT2D eigenvalue weighted by Gasteiger charge is 2.17. The van der Waals surface area contributed by atoms with Crippen molar-refractivity contribution in [1.82, 2.24) is 4.90 Å². The van der Waals surface area contributed by atoms with Crippen molar-refractivity contribution in [2.24, 2.45) is 5.92 Å². The lowest BCUT2D eigenvalue weighted by atomic mass is 9.86. The monoisotopic (exact) mass is 293 g/mol. The molecule has 0 aromatic heterocycles. The van der Waals surface area contributed by atoms with Crippen LogP contribution in [0.15, 0.2) is 24.3 Å². The number of benzene rings is 1. The third-order valence-electron chi connectivity index (χ3n) is 4.28. The molecule has 0 N–H and O–H groups in total. The zero-order valence-corrected chi connectivity index (χ0v) is 13.0. The molecule has 1 aromatic carbocycles. The van der Waals surface area contributed by atoms with Gasteiger partial charge in [0, 0.05) is 25.0 Å². The van der Waals surface area contributed by atoms with Crippen LogP contribution in [0.3, 0.4) is 0 Å². The molecule has 1 saturated carbocycles. The van der Waals surface area contributed by atoms with Crippen molar-refractivity contribution in [3.8, 4) is 0 Å². The first kappa shape index (κ1) is 15.4. The van der Waals surface area contributed by atoms with Gasteiger partial charge in [-0.3, -0.25) is 4.79 Å². The highest BCUT2D eigenvalue weighted by atomic mass is 35.5. The van der Waals surface area contributed by atoms with Gasteiger partial charge in [0.2, 0.25) is 5.91 Å². The molecule has 110 valence electrons. The Labute approximate surface area is 127 Å². The zero-order chi connectivity index (χ0) is 14.4. The van der Waals surface area contributed by atoms with Crippen molar-refractivity contribution in [2.45, 2.75) is 51.5 Å². The lowest BCUT2D eigenvalue weighted by molar-refractivity contribution is -0.130. The van der Waals surface area contributed by atoms with Gasteiger partial charge in [0.1, 0.15) is 0 Å². The molecule has 0 aliphatic heterocycles. The molecule has 0 atom stereocenters. The summed E-state index contributed by atoms with van der Waals surface area (Å²) < 4.78 is 0. The van der Waals surface area contributed by atoms with E-state index in [0.717, 1.165) is 22.9 Å². The molecule has 20 heavy (non-hydrogen) atoms. The number of rotatable bonds is 5. The van der Waals surface area contributed by atoms with Crippen molar-refractivity contribution >= 4 is 17.5 Å². The van der Waals surface area contributed by atoms with Crippen molar-refractivity contribution in [3.05, 3.63) is 34.9 Å². The van der Waals surface area contributed by atoms with E-state index in [9.17, 15) is 4.79 Å². The molecular weight excluding hydrogens is 270 g/mol. The Morgan fingerprint density at radius 2 is 1.95 bits per heavy atom. The predicted octanol–water partition coefficient (Wildman–Crippen LogP) is 4.66. The second-order valence-corrected chi connectivity index (χ2v) is 6.29. The quantitative estimate of drug-likeness (QED) is 0.773. The van der Waals surface area contributed by atoms with Crippen molar-refractivity contribution in [2.75, 3.05) is 7.05 Å². The topological polar surface area (TPSA) is 20.3 Å². The third kappa shape index (κ3) is 4.52. The van der Waals surface area contributed by atoms with E-state index in [0.29, 0.717) is 13.0 Å². The van der Waals surface area contributed by atoms with Gasteiger partial charge in [0.25, 0.3) is 0 Å². The number of hydrogen-bond acceptors (Lipinski definition) is 1. The number of nitrogens with zero attached hydrogens (tertiary/aromatic N) is 1. The van der Waals surface area contributed by atoms with Crippen LogP contribution in [0.1, 0.15) is 50.5 Å². The van der Waals surface area contributed by atoms with E-state index in [1.807, 2.05) is 31.3 Å². The average molecular weight is 294 g/mol. The molecule has 1 fully saturated rings. The van der Waals surface area contributed by atoms with Gasteiger partial charge in [-0.1, -0.05) is 61.9 Å². The predicted molar refractivity (Wildman–Crippen MR) is 83.7 cm³/mol. The summed E-state index contributed by atoms with van der Waals surface area (Å²) in [6.45, 7) is 0.600. The molecule has 0 heterocycles. The average Bonchev–Trinajstić information content (AvgIpc) is 2.48. The molecule has 0 spiro atoms. The Morgan fingerprint density at radius 3 is 2.65 bits per heavy atom. The van der Waals surface area contributed by atoms with E-state index in [2.05, 4.69) is 0 Å². The first-order chi connectivity index (χ1) is 9.66. The number of amides is 1. The maximum atomic E-state index is 12.2. The summed E-state index contributed by atoms with van der Waals surface area (Å²) >= 11 is 6.13. The van der Waals surface area contributed by atoms with Crippen molar-refractivity contribution in [3.63, 3.8) is 0 Å². The summed E-state index contributed by atoms with van der Waals surface area (Å²) in [7, 11) is 1.87. The van der Waals surface area contributed by atoms with Crippen LogP contribution >= 0.6 is 11.6 Å².